The van der Waals surface area contributed by atoms with Gasteiger partial charge in [0.15, 0.2) is 5.82 Å². The fraction of sp³-hybridized carbons (Fsp3) is 0.448. The van der Waals surface area contributed by atoms with Gasteiger partial charge < -0.3 is 14.4 Å². The number of carbonyl (C=O) groups excluding carboxylic acids is 1. The molecular formula is C29H34FN7O3. The molecule has 1 amide bonds. The Balaban J connectivity index is 1.34. The number of morpholine rings is 1. The molecule has 0 unspecified atom stereocenters. The van der Waals surface area contributed by atoms with Crippen LogP contribution in [0, 0.1) is 12.7 Å². The highest BCUT2D eigenvalue weighted by Crippen LogP contribution is 2.35. The third-order valence-corrected chi connectivity index (χ3v) is 8.14. The number of carbonyl (C=O) groups is 1. The molecule has 4 aromatic rings. The number of anilines is 1. The van der Waals surface area contributed by atoms with Gasteiger partial charge in [0.2, 0.25) is 5.95 Å². The van der Waals surface area contributed by atoms with Gasteiger partial charge >= 0.3 is 0 Å². The molecule has 1 saturated heterocycles. The van der Waals surface area contributed by atoms with Crippen molar-refractivity contribution in [3.63, 3.8) is 0 Å². The molecule has 2 fully saturated rings. The second-order valence-corrected chi connectivity index (χ2v) is 10.7. The molecule has 1 aromatic carbocycles. The molecule has 40 heavy (non-hydrogen) atoms. The van der Waals surface area contributed by atoms with Crippen LogP contribution in [0.15, 0.2) is 36.7 Å². The molecule has 4 heterocycles. The monoisotopic (exact) mass is 547 g/mol. The molecule has 11 heteroatoms. The molecule has 1 aliphatic carbocycles. The highest BCUT2D eigenvalue weighted by molar-refractivity contribution is 6.05. The topological polar surface area (TPSA) is 110 Å². The van der Waals surface area contributed by atoms with Gasteiger partial charge in [-0.2, -0.15) is 5.10 Å². The van der Waals surface area contributed by atoms with E-state index in [-0.39, 0.29) is 23.4 Å². The molecule has 0 bridgehead atoms. The van der Waals surface area contributed by atoms with Gasteiger partial charge in [0.25, 0.3) is 5.91 Å². The number of ether oxygens (including phenoxy) is 1. The number of hydrogen-bond donors (Lipinski definition) is 2. The van der Waals surface area contributed by atoms with Crippen molar-refractivity contribution in [3.8, 4) is 11.3 Å². The molecule has 2 N–H and O–H groups in total. The Hall–Kier alpha value is -3.67. The molecule has 1 aliphatic heterocycles. The van der Waals surface area contributed by atoms with Crippen molar-refractivity contribution in [1.82, 2.24) is 29.2 Å². The van der Waals surface area contributed by atoms with Crippen LogP contribution >= 0.6 is 0 Å². The molecule has 10 nitrogen and oxygen atoms in total. The minimum Gasteiger partial charge on any atom is -0.393 e. The summed E-state index contributed by atoms with van der Waals surface area (Å²) in [7, 11) is 1.77. The zero-order valence-electron chi connectivity index (χ0n) is 22.8. The zero-order chi connectivity index (χ0) is 27.8. The Labute approximate surface area is 231 Å². The van der Waals surface area contributed by atoms with Crippen LogP contribution in [0.1, 0.15) is 53.3 Å². The first-order valence-corrected chi connectivity index (χ1v) is 13.8. The number of rotatable bonds is 6. The van der Waals surface area contributed by atoms with Gasteiger partial charge in [-0.3, -0.25) is 24.7 Å². The van der Waals surface area contributed by atoms with Crippen molar-refractivity contribution in [2.45, 2.75) is 51.3 Å². The van der Waals surface area contributed by atoms with Crippen LogP contribution < -0.4 is 5.32 Å². The maximum atomic E-state index is 15.7. The summed E-state index contributed by atoms with van der Waals surface area (Å²) in [5.41, 5.74) is 4.07. The van der Waals surface area contributed by atoms with Gasteiger partial charge in [-0.1, -0.05) is 6.07 Å². The Morgan fingerprint density at radius 3 is 2.67 bits per heavy atom. The maximum absolute atomic E-state index is 15.7. The molecule has 6 rings (SSSR count). The van der Waals surface area contributed by atoms with Crippen LogP contribution in [-0.2, 0) is 18.3 Å². The van der Waals surface area contributed by atoms with E-state index < -0.39 is 11.7 Å². The number of nitrogens with zero attached hydrogens (tertiary/aromatic N) is 6. The smallest absolute Gasteiger partial charge is 0.261 e. The summed E-state index contributed by atoms with van der Waals surface area (Å²) in [5, 5.41) is 17.2. The first-order chi connectivity index (χ1) is 19.4. The largest absolute Gasteiger partial charge is 0.393 e. The lowest BCUT2D eigenvalue weighted by atomic mass is 9.93. The molecule has 0 radical (unpaired) electrons. The number of nitrogens with one attached hydrogen (secondary N) is 1. The first kappa shape index (κ1) is 26.5. The first-order valence-electron chi connectivity index (χ1n) is 13.8. The van der Waals surface area contributed by atoms with Gasteiger partial charge in [-0.25, -0.2) is 9.37 Å². The lowest BCUT2D eigenvalue weighted by Crippen LogP contribution is -2.35. The minimum atomic E-state index is -0.702. The average Bonchev–Trinajstić information content (AvgIpc) is 3.48. The Morgan fingerprint density at radius 2 is 1.95 bits per heavy atom. The second kappa shape index (κ2) is 11.1. The molecule has 1 saturated carbocycles. The predicted octanol–water partition coefficient (Wildman–Crippen LogP) is 3.84. The number of hydrogen-bond acceptors (Lipinski definition) is 7. The molecular weight excluding hydrogens is 513 g/mol. The number of aliphatic hydroxyl groups is 1. The third-order valence-electron chi connectivity index (χ3n) is 8.14. The summed E-state index contributed by atoms with van der Waals surface area (Å²) in [4.78, 5) is 24.9. The van der Waals surface area contributed by atoms with E-state index in [0.717, 1.165) is 68.0 Å². The van der Waals surface area contributed by atoms with E-state index in [4.69, 9.17) is 9.72 Å². The van der Waals surface area contributed by atoms with Gasteiger partial charge in [0, 0.05) is 50.2 Å². The van der Waals surface area contributed by atoms with E-state index in [1.165, 1.54) is 12.3 Å². The minimum absolute atomic E-state index is 0.0599. The number of pyridine rings is 1. The number of halogens is 1. The summed E-state index contributed by atoms with van der Waals surface area (Å²) in [5.74, 6) is -0.920. The SMILES string of the molecule is Cc1c(-c2nccc(C(=O)Nc3nc4cc(CN5CCOCC5)ccc4n3[C@H]3CC[C@@H](O)CC3)c2F)cnn1C. The highest BCUT2D eigenvalue weighted by atomic mass is 19.1. The van der Waals surface area contributed by atoms with E-state index in [9.17, 15) is 9.90 Å². The van der Waals surface area contributed by atoms with Crippen molar-refractivity contribution in [3.05, 3.63) is 59.3 Å². The van der Waals surface area contributed by atoms with Crippen LogP contribution in [0.2, 0.25) is 0 Å². The van der Waals surface area contributed by atoms with E-state index in [1.54, 1.807) is 17.9 Å². The zero-order valence-corrected chi connectivity index (χ0v) is 22.8. The fourth-order valence-electron chi connectivity index (χ4n) is 5.74. The summed E-state index contributed by atoms with van der Waals surface area (Å²) >= 11 is 0. The standard InChI is InChI=1S/C29H34FN7O3/c1-18-23(16-32-35(18)2)27-26(30)22(9-10-31-27)28(39)34-29-33-24-15-19(17-36-11-13-40-14-12-36)3-8-25(24)37(29)20-4-6-21(38)7-5-20/h3,8-10,15-16,20-21,38H,4-7,11-14,17H2,1-2H3,(H,33,34,39)/t20-,21+. The average molecular weight is 548 g/mol. The van der Waals surface area contributed by atoms with E-state index in [0.29, 0.717) is 24.4 Å². The van der Waals surface area contributed by atoms with Gasteiger partial charge in [0.05, 0.1) is 42.1 Å². The lowest BCUT2D eigenvalue weighted by Gasteiger charge is -2.28. The molecule has 3 aromatic heterocycles. The number of benzene rings is 1. The molecule has 2 aliphatic rings. The summed E-state index contributed by atoms with van der Waals surface area (Å²) in [6.45, 7) is 5.85. The van der Waals surface area contributed by atoms with Crippen LogP contribution in [0.5, 0.6) is 0 Å². The summed E-state index contributed by atoms with van der Waals surface area (Å²) in [6.07, 6.45) is 5.55. The highest BCUT2D eigenvalue weighted by Gasteiger charge is 2.27. The van der Waals surface area contributed by atoms with Gasteiger partial charge in [-0.05, 0) is 56.4 Å². The molecule has 0 atom stereocenters. The summed E-state index contributed by atoms with van der Waals surface area (Å²) in [6, 6.07) is 7.65. The van der Waals surface area contributed by atoms with Crippen molar-refractivity contribution >= 4 is 22.9 Å². The van der Waals surface area contributed by atoms with E-state index >= 15 is 4.39 Å². The molecule has 210 valence electrons. The van der Waals surface area contributed by atoms with E-state index in [2.05, 4.69) is 38.5 Å². The molecule has 0 spiro atoms. The quantitative estimate of drug-likeness (QED) is 0.377. The van der Waals surface area contributed by atoms with Crippen molar-refractivity contribution in [1.29, 1.82) is 0 Å². The van der Waals surface area contributed by atoms with E-state index in [1.807, 2.05) is 11.5 Å². The Kier molecular flexibility index (Phi) is 7.35. The van der Waals surface area contributed by atoms with Crippen molar-refractivity contribution in [2.75, 3.05) is 31.6 Å². The van der Waals surface area contributed by atoms with Crippen molar-refractivity contribution < 1.29 is 19.0 Å². The Bertz CT molecular complexity index is 1530. The normalized spacial score (nSPS) is 20.2. The number of aromatic nitrogens is 5. The second-order valence-electron chi connectivity index (χ2n) is 10.7. The van der Waals surface area contributed by atoms with Crippen LogP contribution in [0.3, 0.4) is 0 Å². The van der Waals surface area contributed by atoms with Crippen LogP contribution in [0.25, 0.3) is 22.3 Å². The number of aliphatic hydroxyl groups excluding tert-OH is 1. The number of amides is 1. The van der Waals surface area contributed by atoms with Gasteiger partial charge in [-0.15, -0.1) is 0 Å². The Morgan fingerprint density at radius 1 is 1.18 bits per heavy atom. The van der Waals surface area contributed by atoms with Crippen LogP contribution in [0.4, 0.5) is 10.3 Å². The number of aryl methyl sites for hydroxylation is 1. The predicted molar refractivity (Wildman–Crippen MR) is 148 cm³/mol. The van der Waals surface area contributed by atoms with Crippen molar-refractivity contribution in [2.24, 2.45) is 7.05 Å². The summed E-state index contributed by atoms with van der Waals surface area (Å²) < 4.78 is 24.8. The van der Waals surface area contributed by atoms with Gasteiger partial charge in [0.1, 0.15) is 5.69 Å². The number of imidazole rings is 1. The fourth-order valence-corrected chi connectivity index (χ4v) is 5.74. The van der Waals surface area contributed by atoms with Crippen LogP contribution in [-0.4, -0.2) is 72.6 Å². The number of fused-ring (bicyclic) bond motifs is 1. The maximum Gasteiger partial charge on any atom is 0.261 e. The third kappa shape index (κ3) is 5.12. The lowest BCUT2D eigenvalue weighted by molar-refractivity contribution is 0.0342.